The molecule has 9 nitrogen and oxygen atoms in total. The zero-order chi connectivity index (χ0) is 20.1. The minimum atomic E-state index is -0.388. The first-order valence-electron chi connectivity index (χ1n) is 8.95. The number of aromatic nitrogens is 2. The van der Waals surface area contributed by atoms with Gasteiger partial charge in [-0.3, -0.25) is 14.4 Å². The van der Waals surface area contributed by atoms with Crippen LogP contribution in [-0.2, 0) is 9.59 Å². The van der Waals surface area contributed by atoms with E-state index in [4.69, 9.17) is 0 Å². The molecule has 1 fully saturated rings. The summed E-state index contributed by atoms with van der Waals surface area (Å²) < 4.78 is 0. The molecule has 9 heteroatoms. The SMILES string of the molecule is CC(=O)Nc1cccc(NC(=O)c2ccc(N3CCN(C(C)=O)CC3)nn2)c1. The molecule has 2 heterocycles. The molecule has 0 radical (unpaired) electrons. The van der Waals surface area contributed by atoms with E-state index in [1.165, 1.54) is 6.92 Å². The van der Waals surface area contributed by atoms with Gasteiger partial charge in [-0.05, 0) is 30.3 Å². The monoisotopic (exact) mass is 382 g/mol. The summed E-state index contributed by atoms with van der Waals surface area (Å²) in [4.78, 5) is 38.8. The Morgan fingerprint density at radius 3 is 2.14 bits per heavy atom. The van der Waals surface area contributed by atoms with Gasteiger partial charge in [0, 0.05) is 51.4 Å². The fourth-order valence-corrected chi connectivity index (χ4v) is 2.94. The smallest absolute Gasteiger partial charge is 0.276 e. The molecule has 0 bridgehead atoms. The van der Waals surface area contributed by atoms with Gasteiger partial charge in [0.25, 0.3) is 5.91 Å². The van der Waals surface area contributed by atoms with Gasteiger partial charge in [0.15, 0.2) is 11.5 Å². The summed E-state index contributed by atoms with van der Waals surface area (Å²) in [6.07, 6.45) is 0. The van der Waals surface area contributed by atoms with Gasteiger partial charge < -0.3 is 20.4 Å². The quantitative estimate of drug-likeness (QED) is 0.827. The standard InChI is InChI=1S/C19H22N6O3/c1-13(26)20-15-4-3-5-16(12-15)21-19(28)17-6-7-18(23-22-17)25-10-8-24(9-11-25)14(2)27/h3-7,12H,8-11H2,1-2H3,(H,20,26)(H,21,28). The van der Waals surface area contributed by atoms with Crippen LogP contribution < -0.4 is 15.5 Å². The van der Waals surface area contributed by atoms with E-state index in [-0.39, 0.29) is 23.4 Å². The number of amides is 3. The summed E-state index contributed by atoms with van der Waals surface area (Å²) in [5, 5.41) is 13.6. The third kappa shape index (κ3) is 4.81. The molecule has 3 amide bonds. The lowest BCUT2D eigenvalue weighted by Crippen LogP contribution is -2.48. The largest absolute Gasteiger partial charge is 0.352 e. The fraction of sp³-hybridized carbons (Fsp3) is 0.316. The van der Waals surface area contributed by atoms with Crippen LogP contribution in [0.3, 0.4) is 0 Å². The van der Waals surface area contributed by atoms with E-state index < -0.39 is 0 Å². The third-order valence-corrected chi connectivity index (χ3v) is 4.37. The van der Waals surface area contributed by atoms with E-state index in [1.807, 2.05) is 4.90 Å². The van der Waals surface area contributed by atoms with Gasteiger partial charge in [-0.25, -0.2) is 0 Å². The summed E-state index contributed by atoms with van der Waals surface area (Å²) in [6, 6.07) is 10.2. The second-order valence-electron chi connectivity index (χ2n) is 6.49. The minimum Gasteiger partial charge on any atom is -0.352 e. The number of rotatable bonds is 4. The summed E-state index contributed by atoms with van der Waals surface area (Å²) >= 11 is 0. The highest BCUT2D eigenvalue weighted by atomic mass is 16.2. The van der Waals surface area contributed by atoms with E-state index in [0.29, 0.717) is 43.4 Å². The molecule has 0 spiro atoms. The number of piperazine rings is 1. The zero-order valence-corrected chi connectivity index (χ0v) is 15.8. The average Bonchev–Trinajstić information content (AvgIpc) is 2.68. The van der Waals surface area contributed by atoms with Crippen molar-refractivity contribution >= 4 is 34.9 Å². The Hall–Kier alpha value is -3.49. The number of hydrogen-bond donors (Lipinski definition) is 2. The zero-order valence-electron chi connectivity index (χ0n) is 15.8. The topological polar surface area (TPSA) is 108 Å². The molecular weight excluding hydrogens is 360 g/mol. The molecule has 0 unspecified atom stereocenters. The van der Waals surface area contributed by atoms with Crippen molar-refractivity contribution < 1.29 is 14.4 Å². The molecule has 1 aromatic carbocycles. The maximum Gasteiger partial charge on any atom is 0.276 e. The van der Waals surface area contributed by atoms with Gasteiger partial charge in [-0.15, -0.1) is 10.2 Å². The Balaban J connectivity index is 1.61. The Kier molecular flexibility index (Phi) is 5.83. The van der Waals surface area contributed by atoms with Crippen LogP contribution in [0.1, 0.15) is 24.3 Å². The molecular formula is C19H22N6O3. The first kappa shape index (κ1) is 19.3. The van der Waals surface area contributed by atoms with Crippen molar-refractivity contribution in [2.75, 3.05) is 41.7 Å². The van der Waals surface area contributed by atoms with E-state index in [9.17, 15) is 14.4 Å². The first-order chi connectivity index (χ1) is 13.4. The molecule has 0 aliphatic carbocycles. The summed E-state index contributed by atoms with van der Waals surface area (Å²) in [5.41, 5.74) is 1.33. The lowest BCUT2D eigenvalue weighted by Gasteiger charge is -2.34. The molecule has 146 valence electrons. The molecule has 2 aromatic rings. The second kappa shape index (κ2) is 8.47. The van der Waals surface area contributed by atoms with Crippen molar-refractivity contribution in [2.45, 2.75) is 13.8 Å². The molecule has 1 aliphatic rings. The molecule has 0 saturated carbocycles. The normalized spacial score (nSPS) is 13.8. The fourth-order valence-electron chi connectivity index (χ4n) is 2.94. The molecule has 2 N–H and O–H groups in total. The molecule has 1 saturated heterocycles. The minimum absolute atomic E-state index is 0.0697. The van der Waals surface area contributed by atoms with Crippen LogP contribution in [0.5, 0.6) is 0 Å². The molecule has 28 heavy (non-hydrogen) atoms. The predicted molar refractivity (Wildman–Crippen MR) is 105 cm³/mol. The van der Waals surface area contributed by atoms with Gasteiger partial charge in [0.05, 0.1) is 0 Å². The highest BCUT2D eigenvalue weighted by Crippen LogP contribution is 2.17. The van der Waals surface area contributed by atoms with Crippen LogP contribution in [0.4, 0.5) is 17.2 Å². The van der Waals surface area contributed by atoms with Crippen LogP contribution in [0.2, 0.25) is 0 Å². The molecule has 1 aromatic heterocycles. The van der Waals surface area contributed by atoms with Gasteiger partial charge in [0.2, 0.25) is 11.8 Å². The number of benzene rings is 1. The highest BCUT2D eigenvalue weighted by Gasteiger charge is 2.20. The Bertz CT molecular complexity index is 875. The maximum absolute atomic E-state index is 12.4. The lowest BCUT2D eigenvalue weighted by molar-refractivity contribution is -0.129. The van der Waals surface area contributed by atoms with Crippen LogP contribution in [0.15, 0.2) is 36.4 Å². The number of nitrogens with one attached hydrogen (secondary N) is 2. The Morgan fingerprint density at radius 1 is 0.893 bits per heavy atom. The van der Waals surface area contributed by atoms with Gasteiger partial charge in [-0.2, -0.15) is 0 Å². The summed E-state index contributed by atoms with van der Waals surface area (Å²) in [5.74, 6) is 0.169. The van der Waals surface area contributed by atoms with Crippen molar-refractivity contribution in [2.24, 2.45) is 0 Å². The maximum atomic E-state index is 12.4. The number of anilines is 3. The molecule has 1 aliphatic heterocycles. The van der Waals surface area contributed by atoms with Crippen LogP contribution in [-0.4, -0.2) is 59.0 Å². The highest BCUT2D eigenvalue weighted by molar-refractivity contribution is 6.03. The molecule has 0 atom stereocenters. The predicted octanol–water partition coefficient (Wildman–Crippen LogP) is 1.36. The lowest BCUT2D eigenvalue weighted by atomic mass is 10.2. The van der Waals surface area contributed by atoms with Crippen molar-refractivity contribution in [3.63, 3.8) is 0 Å². The Morgan fingerprint density at radius 2 is 1.57 bits per heavy atom. The van der Waals surface area contributed by atoms with E-state index in [0.717, 1.165) is 0 Å². The summed E-state index contributed by atoms with van der Waals surface area (Å²) in [6.45, 7) is 5.62. The van der Waals surface area contributed by atoms with Crippen molar-refractivity contribution in [3.8, 4) is 0 Å². The van der Waals surface area contributed by atoms with E-state index >= 15 is 0 Å². The van der Waals surface area contributed by atoms with Crippen LogP contribution in [0.25, 0.3) is 0 Å². The van der Waals surface area contributed by atoms with E-state index in [2.05, 4.69) is 20.8 Å². The third-order valence-electron chi connectivity index (χ3n) is 4.37. The van der Waals surface area contributed by atoms with Gasteiger partial charge >= 0.3 is 0 Å². The molecule has 3 rings (SSSR count). The number of hydrogen-bond acceptors (Lipinski definition) is 6. The van der Waals surface area contributed by atoms with Crippen LogP contribution >= 0.6 is 0 Å². The van der Waals surface area contributed by atoms with Crippen LogP contribution in [0, 0.1) is 0 Å². The average molecular weight is 382 g/mol. The summed E-state index contributed by atoms with van der Waals surface area (Å²) in [7, 11) is 0. The van der Waals surface area contributed by atoms with Gasteiger partial charge in [0.1, 0.15) is 0 Å². The van der Waals surface area contributed by atoms with Gasteiger partial charge in [-0.1, -0.05) is 6.07 Å². The first-order valence-corrected chi connectivity index (χ1v) is 8.95. The number of nitrogens with zero attached hydrogens (tertiary/aromatic N) is 4. The Labute approximate surface area is 162 Å². The second-order valence-corrected chi connectivity index (χ2v) is 6.49. The van der Waals surface area contributed by atoms with Crippen molar-refractivity contribution in [1.82, 2.24) is 15.1 Å². The van der Waals surface area contributed by atoms with Crippen molar-refractivity contribution in [3.05, 3.63) is 42.1 Å². The van der Waals surface area contributed by atoms with Crippen molar-refractivity contribution in [1.29, 1.82) is 0 Å². The number of carbonyl (C=O) groups excluding carboxylic acids is 3. The number of carbonyl (C=O) groups is 3. The van der Waals surface area contributed by atoms with E-state index in [1.54, 1.807) is 48.2 Å².